The molecule has 1 aliphatic heterocycles. The molecule has 1 heterocycles. The van der Waals surface area contributed by atoms with Crippen molar-refractivity contribution in [3.05, 3.63) is 29.8 Å². The Hall–Kier alpha value is -0.910. The Balaban J connectivity index is 2.25. The Morgan fingerprint density at radius 2 is 1.68 bits per heavy atom. The number of sulfonamides is 1. The van der Waals surface area contributed by atoms with E-state index >= 15 is 0 Å². The molecule has 0 bridgehead atoms. The van der Waals surface area contributed by atoms with Gasteiger partial charge in [0.25, 0.3) is 0 Å². The number of nitrogens with one attached hydrogen (secondary N) is 1. The van der Waals surface area contributed by atoms with E-state index in [0.717, 1.165) is 12.0 Å². The molecule has 1 saturated heterocycles. The Kier molecular flexibility index (Phi) is 4.28. The van der Waals surface area contributed by atoms with Crippen molar-refractivity contribution in [3.8, 4) is 0 Å². The van der Waals surface area contributed by atoms with E-state index in [-0.39, 0.29) is 12.1 Å². The number of hydrogen-bond donors (Lipinski definition) is 1. The lowest BCUT2D eigenvalue weighted by atomic mass is 10.2. The second kappa shape index (κ2) is 5.61. The van der Waals surface area contributed by atoms with E-state index in [2.05, 4.69) is 12.2 Å². The first-order valence-electron chi connectivity index (χ1n) is 6.78. The molecule has 0 radical (unpaired) electrons. The highest BCUT2D eigenvalue weighted by Gasteiger charge is 2.31. The molecule has 0 amide bonds. The van der Waals surface area contributed by atoms with Crippen LogP contribution in [0.5, 0.6) is 0 Å². The van der Waals surface area contributed by atoms with E-state index in [4.69, 9.17) is 0 Å². The summed E-state index contributed by atoms with van der Waals surface area (Å²) in [4.78, 5) is 0.394. The zero-order valence-electron chi connectivity index (χ0n) is 11.8. The summed E-state index contributed by atoms with van der Waals surface area (Å²) in [7, 11) is -3.36. The monoisotopic (exact) mass is 282 g/mol. The van der Waals surface area contributed by atoms with Crippen LogP contribution in [0.25, 0.3) is 0 Å². The first-order chi connectivity index (χ1) is 8.93. The molecule has 0 aromatic heterocycles. The third-order valence-corrected chi connectivity index (χ3v) is 5.34. The third-order valence-electron chi connectivity index (χ3n) is 3.49. The van der Waals surface area contributed by atoms with Gasteiger partial charge in [-0.25, -0.2) is 8.42 Å². The maximum atomic E-state index is 12.6. The first-order valence-corrected chi connectivity index (χ1v) is 8.22. The fraction of sp³-hybridized carbons (Fsp3) is 0.571. The summed E-state index contributed by atoms with van der Waals surface area (Å²) in [5.74, 6) is 0. The molecule has 19 heavy (non-hydrogen) atoms. The van der Waals surface area contributed by atoms with Gasteiger partial charge in [0.2, 0.25) is 10.0 Å². The van der Waals surface area contributed by atoms with E-state index < -0.39 is 10.0 Å². The topological polar surface area (TPSA) is 49.4 Å². The largest absolute Gasteiger partial charge is 0.309 e. The van der Waals surface area contributed by atoms with Crippen LogP contribution in [0.1, 0.15) is 26.3 Å². The van der Waals surface area contributed by atoms with E-state index in [1.165, 1.54) is 0 Å². The van der Waals surface area contributed by atoms with Gasteiger partial charge in [0.1, 0.15) is 0 Å². The molecule has 1 aliphatic rings. The Bertz CT molecular complexity index is 515. The van der Waals surface area contributed by atoms with Gasteiger partial charge in [-0.1, -0.05) is 19.1 Å². The number of nitrogens with zero attached hydrogens (tertiary/aromatic N) is 1. The molecule has 0 saturated carbocycles. The molecule has 5 heteroatoms. The van der Waals surface area contributed by atoms with Gasteiger partial charge in [-0.05, 0) is 38.0 Å². The molecule has 1 fully saturated rings. The lowest BCUT2D eigenvalue weighted by Crippen LogP contribution is -2.55. The molecule has 0 aliphatic carbocycles. The number of aryl methyl sites for hydroxylation is 1. The summed E-state index contributed by atoms with van der Waals surface area (Å²) in [6.07, 6.45) is 0.919. The summed E-state index contributed by atoms with van der Waals surface area (Å²) < 4.78 is 26.7. The van der Waals surface area contributed by atoms with Gasteiger partial charge in [-0.3, -0.25) is 0 Å². The van der Waals surface area contributed by atoms with E-state index in [0.29, 0.717) is 18.0 Å². The molecular weight excluding hydrogens is 260 g/mol. The third kappa shape index (κ3) is 3.16. The van der Waals surface area contributed by atoms with Crippen molar-refractivity contribution in [2.24, 2.45) is 0 Å². The minimum absolute atomic E-state index is 0.188. The van der Waals surface area contributed by atoms with E-state index in [1.807, 2.05) is 26.0 Å². The SMILES string of the molecule is CCc1ccc(S(=O)(=O)N2CC(C)NC(C)C2)cc1. The van der Waals surface area contributed by atoms with Gasteiger partial charge in [0.05, 0.1) is 4.90 Å². The average Bonchev–Trinajstić information content (AvgIpc) is 2.37. The van der Waals surface area contributed by atoms with Gasteiger partial charge < -0.3 is 5.32 Å². The zero-order chi connectivity index (χ0) is 14.0. The first kappa shape index (κ1) is 14.5. The van der Waals surface area contributed by atoms with Gasteiger partial charge >= 0.3 is 0 Å². The molecule has 1 aromatic rings. The highest BCUT2D eigenvalue weighted by Crippen LogP contribution is 2.19. The van der Waals surface area contributed by atoms with Crippen LogP contribution in [-0.2, 0) is 16.4 Å². The maximum absolute atomic E-state index is 12.6. The number of rotatable bonds is 3. The fourth-order valence-electron chi connectivity index (χ4n) is 2.52. The van der Waals surface area contributed by atoms with Crippen molar-refractivity contribution >= 4 is 10.0 Å². The van der Waals surface area contributed by atoms with Crippen LogP contribution in [-0.4, -0.2) is 37.9 Å². The van der Waals surface area contributed by atoms with E-state index in [1.54, 1.807) is 16.4 Å². The molecule has 1 aromatic carbocycles. The molecule has 0 spiro atoms. The Morgan fingerprint density at radius 3 is 2.16 bits per heavy atom. The minimum Gasteiger partial charge on any atom is -0.309 e. The summed E-state index contributed by atoms with van der Waals surface area (Å²) in [5, 5.41) is 3.34. The Labute approximate surface area is 115 Å². The van der Waals surface area contributed by atoms with Crippen molar-refractivity contribution < 1.29 is 8.42 Å². The van der Waals surface area contributed by atoms with Crippen molar-refractivity contribution in [1.82, 2.24) is 9.62 Å². The normalized spacial score (nSPS) is 25.4. The van der Waals surface area contributed by atoms with Crippen molar-refractivity contribution in [1.29, 1.82) is 0 Å². The predicted octanol–water partition coefficient (Wildman–Crippen LogP) is 1.62. The van der Waals surface area contributed by atoms with Gasteiger partial charge in [-0.2, -0.15) is 4.31 Å². The lowest BCUT2D eigenvalue weighted by Gasteiger charge is -2.35. The van der Waals surface area contributed by atoms with Crippen LogP contribution in [0.3, 0.4) is 0 Å². The predicted molar refractivity (Wildman–Crippen MR) is 76.6 cm³/mol. The lowest BCUT2D eigenvalue weighted by molar-refractivity contribution is 0.263. The molecule has 1 N–H and O–H groups in total. The quantitative estimate of drug-likeness (QED) is 0.916. The van der Waals surface area contributed by atoms with Crippen molar-refractivity contribution in [3.63, 3.8) is 0 Å². The zero-order valence-corrected chi connectivity index (χ0v) is 12.6. The van der Waals surface area contributed by atoms with Crippen molar-refractivity contribution in [2.75, 3.05) is 13.1 Å². The summed E-state index contributed by atoms with van der Waals surface area (Å²) >= 11 is 0. The van der Waals surface area contributed by atoms with Crippen LogP contribution in [0.2, 0.25) is 0 Å². The van der Waals surface area contributed by atoms with Crippen LogP contribution < -0.4 is 5.32 Å². The molecule has 106 valence electrons. The smallest absolute Gasteiger partial charge is 0.243 e. The highest BCUT2D eigenvalue weighted by molar-refractivity contribution is 7.89. The van der Waals surface area contributed by atoms with Gasteiger partial charge in [0, 0.05) is 25.2 Å². The maximum Gasteiger partial charge on any atom is 0.243 e. The number of benzene rings is 1. The second-order valence-corrected chi connectivity index (χ2v) is 7.23. The Morgan fingerprint density at radius 1 is 1.16 bits per heavy atom. The summed E-state index contributed by atoms with van der Waals surface area (Å²) in [5.41, 5.74) is 1.15. The second-order valence-electron chi connectivity index (χ2n) is 5.29. The number of hydrogen-bond acceptors (Lipinski definition) is 3. The molecule has 2 rings (SSSR count). The molecular formula is C14H22N2O2S. The number of piperazine rings is 1. The van der Waals surface area contributed by atoms with Crippen molar-refractivity contribution in [2.45, 2.75) is 44.2 Å². The molecule has 2 unspecified atom stereocenters. The minimum atomic E-state index is -3.36. The fourth-order valence-corrected chi connectivity index (χ4v) is 4.14. The molecule has 2 atom stereocenters. The van der Waals surface area contributed by atoms with Crippen LogP contribution in [0.15, 0.2) is 29.2 Å². The van der Waals surface area contributed by atoms with Gasteiger partial charge in [-0.15, -0.1) is 0 Å². The van der Waals surface area contributed by atoms with Gasteiger partial charge in [0.15, 0.2) is 0 Å². The average molecular weight is 282 g/mol. The molecule has 4 nitrogen and oxygen atoms in total. The van der Waals surface area contributed by atoms with Crippen LogP contribution in [0.4, 0.5) is 0 Å². The summed E-state index contributed by atoms with van der Waals surface area (Å²) in [6.45, 7) is 7.14. The van der Waals surface area contributed by atoms with Crippen LogP contribution >= 0.6 is 0 Å². The van der Waals surface area contributed by atoms with E-state index in [9.17, 15) is 8.42 Å². The standard InChI is InChI=1S/C14H22N2O2S/c1-4-13-5-7-14(8-6-13)19(17,18)16-9-11(2)15-12(3)10-16/h5-8,11-12,15H,4,9-10H2,1-3H3. The summed E-state index contributed by atoms with van der Waals surface area (Å²) in [6, 6.07) is 7.59. The highest BCUT2D eigenvalue weighted by atomic mass is 32.2. The van der Waals surface area contributed by atoms with Crippen LogP contribution in [0, 0.1) is 0 Å².